The van der Waals surface area contributed by atoms with Crippen LogP contribution in [0.15, 0.2) is 72.1 Å². The first kappa shape index (κ1) is 25.7. The van der Waals surface area contributed by atoms with Gasteiger partial charge in [0.05, 0.1) is 12.0 Å². The van der Waals surface area contributed by atoms with Crippen molar-refractivity contribution in [2.45, 2.75) is 63.6 Å². The maximum absolute atomic E-state index is 13.9. The van der Waals surface area contributed by atoms with E-state index in [2.05, 4.69) is 52.4 Å². The lowest BCUT2D eigenvalue weighted by molar-refractivity contribution is -0.124. The van der Waals surface area contributed by atoms with Crippen LogP contribution in [0.5, 0.6) is 0 Å². The Bertz CT molecular complexity index is 1170. The Kier molecular flexibility index (Phi) is 8.37. The Morgan fingerprint density at radius 1 is 1.03 bits per heavy atom. The van der Waals surface area contributed by atoms with Gasteiger partial charge < -0.3 is 10.2 Å². The average Bonchev–Trinajstić information content (AvgIpc) is 3.66. The first-order valence-corrected chi connectivity index (χ1v) is 14.5. The number of nitrogens with zero attached hydrogens (tertiary/aromatic N) is 2. The zero-order valence-electron chi connectivity index (χ0n) is 21.6. The minimum atomic E-state index is -0.403. The molecule has 1 N–H and O–H groups in total. The van der Waals surface area contributed by atoms with Gasteiger partial charge in [-0.25, -0.2) is 0 Å². The average molecular weight is 516 g/mol. The van der Waals surface area contributed by atoms with E-state index in [4.69, 9.17) is 0 Å². The van der Waals surface area contributed by atoms with Gasteiger partial charge in [-0.2, -0.15) is 0 Å². The number of rotatable bonds is 10. The predicted molar refractivity (Wildman–Crippen MR) is 150 cm³/mol. The van der Waals surface area contributed by atoms with Gasteiger partial charge in [-0.3, -0.25) is 14.5 Å². The Morgan fingerprint density at radius 2 is 1.78 bits per heavy atom. The summed E-state index contributed by atoms with van der Waals surface area (Å²) in [6.45, 7) is 5.62. The van der Waals surface area contributed by atoms with Gasteiger partial charge in [0.1, 0.15) is 0 Å². The van der Waals surface area contributed by atoms with Gasteiger partial charge in [-0.15, -0.1) is 11.3 Å². The summed E-state index contributed by atoms with van der Waals surface area (Å²) in [5, 5.41) is 5.31. The van der Waals surface area contributed by atoms with Gasteiger partial charge >= 0.3 is 0 Å². The maximum Gasteiger partial charge on any atom is 0.254 e. The summed E-state index contributed by atoms with van der Waals surface area (Å²) < 4.78 is 0. The van der Waals surface area contributed by atoms with Crippen LogP contribution in [0.4, 0.5) is 0 Å². The number of carbonyl (C=O) groups is 2. The fourth-order valence-electron chi connectivity index (χ4n) is 5.99. The van der Waals surface area contributed by atoms with Crippen molar-refractivity contribution in [2.75, 3.05) is 19.6 Å². The summed E-state index contributed by atoms with van der Waals surface area (Å²) >= 11 is 1.65. The smallest absolute Gasteiger partial charge is 0.254 e. The number of carbonyl (C=O) groups excluding carboxylic acids is 2. The third-order valence-electron chi connectivity index (χ3n) is 7.86. The van der Waals surface area contributed by atoms with Crippen LogP contribution in [0.3, 0.4) is 0 Å². The van der Waals surface area contributed by atoms with Crippen LogP contribution in [0.1, 0.15) is 77.3 Å². The first-order valence-electron chi connectivity index (χ1n) is 13.7. The van der Waals surface area contributed by atoms with Gasteiger partial charge in [0.2, 0.25) is 5.91 Å². The van der Waals surface area contributed by atoms with Crippen LogP contribution in [-0.4, -0.2) is 47.3 Å². The van der Waals surface area contributed by atoms with Crippen LogP contribution in [-0.2, 0) is 11.3 Å². The van der Waals surface area contributed by atoms with Gasteiger partial charge in [0.15, 0.2) is 0 Å². The monoisotopic (exact) mass is 515 g/mol. The molecule has 2 amide bonds. The van der Waals surface area contributed by atoms with Crippen molar-refractivity contribution < 1.29 is 9.59 Å². The fraction of sp³-hybridized carbons (Fsp3) is 0.419. The highest BCUT2D eigenvalue weighted by Gasteiger charge is 2.47. The number of hydrogen-bond acceptors (Lipinski definition) is 4. The molecule has 1 fully saturated rings. The first-order chi connectivity index (χ1) is 18.2. The van der Waals surface area contributed by atoms with Crippen LogP contribution < -0.4 is 5.32 Å². The van der Waals surface area contributed by atoms with Crippen LogP contribution in [0, 0.1) is 0 Å². The van der Waals surface area contributed by atoms with E-state index in [1.807, 2.05) is 41.8 Å². The van der Waals surface area contributed by atoms with E-state index in [9.17, 15) is 9.59 Å². The molecule has 0 saturated heterocycles. The summed E-state index contributed by atoms with van der Waals surface area (Å²) in [4.78, 5) is 33.2. The van der Waals surface area contributed by atoms with Crippen molar-refractivity contribution in [2.24, 2.45) is 0 Å². The summed E-state index contributed by atoms with van der Waals surface area (Å²) in [6, 6.07) is 22.3. The number of hydrogen-bond donors (Lipinski definition) is 1. The molecule has 1 aliphatic carbocycles. The molecule has 0 spiro atoms. The van der Waals surface area contributed by atoms with Crippen LogP contribution in [0.2, 0.25) is 0 Å². The lowest BCUT2D eigenvalue weighted by Crippen LogP contribution is -2.50. The lowest BCUT2D eigenvalue weighted by atomic mass is 9.80. The lowest BCUT2D eigenvalue weighted by Gasteiger charge is -2.44. The predicted octanol–water partition coefficient (Wildman–Crippen LogP) is 6.00. The van der Waals surface area contributed by atoms with Crippen molar-refractivity contribution in [1.29, 1.82) is 0 Å². The molecule has 194 valence electrons. The zero-order valence-corrected chi connectivity index (χ0v) is 22.5. The van der Waals surface area contributed by atoms with E-state index in [-0.39, 0.29) is 23.9 Å². The second-order valence-electron chi connectivity index (χ2n) is 10.2. The molecule has 2 aromatic carbocycles. The molecule has 5 nitrogen and oxygen atoms in total. The Labute approximate surface area is 224 Å². The number of nitrogens with one attached hydrogen (secondary N) is 1. The molecular weight excluding hydrogens is 478 g/mol. The van der Waals surface area contributed by atoms with Crippen molar-refractivity contribution in [3.8, 4) is 0 Å². The van der Waals surface area contributed by atoms with Crippen molar-refractivity contribution in [1.82, 2.24) is 15.1 Å². The highest BCUT2D eigenvalue weighted by atomic mass is 32.1. The van der Waals surface area contributed by atoms with Gasteiger partial charge in [-0.05, 0) is 54.4 Å². The molecule has 1 aliphatic heterocycles. The van der Waals surface area contributed by atoms with Crippen LogP contribution in [0.25, 0.3) is 0 Å². The molecule has 1 saturated carbocycles. The largest absolute Gasteiger partial charge is 0.355 e. The molecule has 2 heterocycles. The van der Waals surface area contributed by atoms with E-state index in [0.29, 0.717) is 12.1 Å². The number of fused-ring (bicyclic) bond motifs is 1. The van der Waals surface area contributed by atoms with E-state index >= 15 is 0 Å². The fourth-order valence-corrected chi connectivity index (χ4v) is 6.86. The summed E-state index contributed by atoms with van der Waals surface area (Å²) in [5.74, 6) is -0.309. The molecule has 2 aliphatic rings. The second-order valence-corrected chi connectivity index (χ2v) is 11.2. The normalized spacial score (nSPS) is 19.8. The zero-order chi connectivity index (χ0) is 25.6. The molecule has 0 radical (unpaired) electrons. The van der Waals surface area contributed by atoms with Gasteiger partial charge in [0.25, 0.3) is 5.91 Å². The Hall–Kier alpha value is -2.96. The molecule has 0 unspecified atom stereocenters. The molecule has 6 heteroatoms. The minimum Gasteiger partial charge on any atom is -0.355 e. The number of amides is 2. The minimum absolute atomic E-state index is 0.0208. The van der Waals surface area contributed by atoms with Gasteiger partial charge in [-0.1, -0.05) is 74.4 Å². The van der Waals surface area contributed by atoms with Crippen molar-refractivity contribution in [3.05, 3.63) is 93.7 Å². The highest BCUT2D eigenvalue weighted by Crippen LogP contribution is 2.47. The molecule has 37 heavy (non-hydrogen) atoms. The second kappa shape index (κ2) is 12.1. The summed E-state index contributed by atoms with van der Waals surface area (Å²) in [5.41, 5.74) is 2.85. The SMILES string of the molecule is CCN(CCCNC(=O)[C@@H]1c2ccccc2C(=O)N(C2CCCC2)[C@H]1c1cccs1)Cc1ccccc1. The van der Waals surface area contributed by atoms with Gasteiger partial charge in [0, 0.05) is 36.1 Å². The van der Waals surface area contributed by atoms with E-state index in [1.165, 1.54) is 5.56 Å². The molecule has 5 rings (SSSR count). The summed E-state index contributed by atoms with van der Waals surface area (Å²) in [7, 11) is 0. The Morgan fingerprint density at radius 3 is 2.51 bits per heavy atom. The highest BCUT2D eigenvalue weighted by molar-refractivity contribution is 7.10. The third-order valence-corrected chi connectivity index (χ3v) is 8.80. The van der Waals surface area contributed by atoms with E-state index < -0.39 is 5.92 Å². The molecule has 3 aromatic rings. The quantitative estimate of drug-likeness (QED) is 0.337. The van der Waals surface area contributed by atoms with Crippen molar-refractivity contribution in [3.63, 3.8) is 0 Å². The summed E-state index contributed by atoms with van der Waals surface area (Å²) in [6.07, 6.45) is 5.19. The van der Waals surface area contributed by atoms with Crippen LogP contribution >= 0.6 is 11.3 Å². The van der Waals surface area contributed by atoms with Crippen molar-refractivity contribution >= 4 is 23.2 Å². The molecule has 1 aromatic heterocycles. The Balaban J connectivity index is 1.32. The van der Waals surface area contributed by atoms with E-state index in [0.717, 1.165) is 62.2 Å². The molecule has 2 atom stereocenters. The third kappa shape index (κ3) is 5.65. The number of thiophene rings is 1. The molecular formula is C31H37N3O2S. The topological polar surface area (TPSA) is 52.7 Å². The number of benzene rings is 2. The standard InChI is InChI=1S/C31H37N3O2S/c1-2-33(22-23-12-4-3-5-13-23)20-11-19-32-30(35)28-25-16-8-9-17-26(25)31(36)34(24-14-6-7-15-24)29(28)27-18-10-21-37-27/h3-5,8-10,12-13,16-18,21,24,28-29H,2,6-7,11,14-15,19-20,22H2,1H3,(H,32,35)/t28-,29+/m1/s1. The molecule has 0 bridgehead atoms. The maximum atomic E-state index is 13.9. The van der Waals surface area contributed by atoms with E-state index in [1.54, 1.807) is 11.3 Å².